The summed E-state index contributed by atoms with van der Waals surface area (Å²) in [6.07, 6.45) is 3.58. The number of hydrogen-bond donors (Lipinski definition) is 2. The van der Waals surface area contributed by atoms with E-state index in [2.05, 4.69) is 20.6 Å². The van der Waals surface area contributed by atoms with Crippen molar-refractivity contribution in [3.63, 3.8) is 0 Å². The van der Waals surface area contributed by atoms with Crippen LogP contribution in [0.15, 0.2) is 48.1 Å². The Morgan fingerprint density at radius 2 is 2.09 bits per heavy atom. The van der Waals surface area contributed by atoms with Crippen molar-refractivity contribution >= 4 is 22.4 Å². The molecule has 2 N–H and O–H groups in total. The van der Waals surface area contributed by atoms with Crippen molar-refractivity contribution in [3.05, 3.63) is 65.2 Å². The van der Waals surface area contributed by atoms with Crippen LogP contribution in [0.4, 0.5) is 5.13 Å². The first-order valence-electron chi connectivity index (χ1n) is 7.15. The highest BCUT2D eigenvalue weighted by Crippen LogP contribution is 2.21. The average Bonchev–Trinajstić information content (AvgIpc) is 3.22. The van der Waals surface area contributed by atoms with Gasteiger partial charge in [-0.2, -0.15) is 0 Å². The van der Waals surface area contributed by atoms with Crippen LogP contribution in [0.3, 0.4) is 0 Å². The van der Waals surface area contributed by atoms with Crippen molar-refractivity contribution in [1.82, 2.24) is 19.9 Å². The van der Waals surface area contributed by atoms with Crippen LogP contribution in [-0.2, 0) is 7.05 Å². The molecule has 118 valence electrons. The molecule has 2 heterocycles. The van der Waals surface area contributed by atoms with Gasteiger partial charge in [-0.05, 0) is 5.56 Å². The van der Waals surface area contributed by atoms with Crippen molar-refractivity contribution in [2.45, 2.75) is 6.04 Å². The Kier molecular flexibility index (Phi) is 4.38. The number of thiazole rings is 1. The van der Waals surface area contributed by atoms with Gasteiger partial charge in [0.25, 0.3) is 5.91 Å². The fourth-order valence-electron chi connectivity index (χ4n) is 2.30. The molecule has 0 spiro atoms. The zero-order valence-electron chi connectivity index (χ0n) is 12.9. The van der Waals surface area contributed by atoms with E-state index in [0.717, 1.165) is 11.4 Å². The van der Waals surface area contributed by atoms with Gasteiger partial charge in [0, 0.05) is 31.9 Å². The van der Waals surface area contributed by atoms with Crippen LogP contribution in [0.1, 0.15) is 27.9 Å². The van der Waals surface area contributed by atoms with E-state index < -0.39 is 0 Å². The number of amides is 1. The lowest BCUT2D eigenvalue weighted by Crippen LogP contribution is -2.31. The highest BCUT2D eigenvalue weighted by Gasteiger charge is 2.22. The number of hydrogen-bond acceptors (Lipinski definition) is 5. The van der Waals surface area contributed by atoms with Crippen LogP contribution in [-0.4, -0.2) is 27.5 Å². The lowest BCUT2D eigenvalue weighted by molar-refractivity contribution is 0.0937. The van der Waals surface area contributed by atoms with E-state index in [1.807, 2.05) is 48.1 Å². The summed E-state index contributed by atoms with van der Waals surface area (Å²) in [4.78, 5) is 21.2. The third-order valence-corrected chi connectivity index (χ3v) is 4.34. The van der Waals surface area contributed by atoms with Crippen LogP contribution in [0.5, 0.6) is 0 Å². The van der Waals surface area contributed by atoms with Crippen LogP contribution in [0, 0.1) is 0 Å². The Morgan fingerprint density at radius 3 is 2.70 bits per heavy atom. The topological polar surface area (TPSA) is 71.8 Å². The van der Waals surface area contributed by atoms with Gasteiger partial charge in [-0.25, -0.2) is 9.97 Å². The lowest BCUT2D eigenvalue weighted by Gasteiger charge is -2.18. The molecule has 3 aromatic rings. The molecule has 0 aliphatic carbocycles. The van der Waals surface area contributed by atoms with Gasteiger partial charge >= 0.3 is 0 Å². The number of carbonyl (C=O) groups excluding carboxylic acids is 1. The zero-order valence-corrected chi connectivity index (χ0v) is 13.7. The molecule has 0 bridgehead atoms. The van der Waals surface area contributed by atoms with E-state index in [9.17, 15) is 4.79 Å². The molecule has 0 saturated carbocycles. The molecule has 1 aromatic carbocycles. The number of aryl methyl sites for hydroxylation is 1. The smallest absolute Gasteiger partial charge is 0.271 e. The van der Waals surface area contributed by atoms with Gasteiger partial charge < -0.3 is 15.2 Å². The maximum absolute atomic E-state index is 12.5. The van der Waals surface area contributed by atoms with E-state index in [1.54, 1.807) is 18.6 Å². The van der Waals surface area contributed by atoms with E-state index in [0.29, 0.717) is 10.8 Å². The van der Waals surface area contributed by atoms with Gasteiger partial charge in [-0.15, -0.1) is 11.3 Å². The van der Waals surface area contributed by atoms with Crippen molar-refractivity contribution in [2.75, 3.05) is 12.4 Å². The Morgan fingerprint density at radius 1 is 1.30 bits per heavy atom. The molecule has 1 unspecified atom stereocenters. The van der Waals surface area contributed by atoms with Gasteiger partial charge in [0.15, 0.2) is 5.13 Å². The number of nitrogens with zero attached hydrogens (tertiary/aromatic N) is 3. The summed E-state index contributed by atoms with van der Waals surface area (Å²) in [6, 6.07) is 9.45. The summed E-state index contributed by atoms with van der Waals surface area (Å²) < 4.78 is 1.90. The molecular formula is C16H17N5OS. The van der Waals surface area contributed by atoms with Gasteiger partial charge in [-0.3, -0.25) is 4.79 Å². The summed E-state index contributed by atoms with van der Waals surface area (Å²) in [5.41, 5.74) is 1.37. The largest absolute Gasteiger partial charge is 0.365 e. The van der Waals surface area contributed by atoms with Crippen molar-refractivity contribution in [3.8, 4) is 0 Å². The summed E-state index contributed by atoms with van der Waals surface area (Å²) in [7, 11) is 3.69. The first-order valence-corrected chi connectivity index (χ1v) is 8.03. The quantitative estimate of drug-likeness (QED) is 0.755. The minimum atomic E-state index is -0.330. The number of carbonyl (C=O) groups is 1. The maximum Gasteiger partial charge on any atom is 0.271 e. The van der Waals surface area contributed by atoms with Gasteiger partial charge in [0.1, 0.15) is 17.6 Å². The van der Waals surface area contributed by atoms with Crippen molar-refractivity contribution in [2.24, 2.45) is 7.05 Å². The normalized spacial score (nSPS) is 11.9. The number of rotatable bonds is 5. The second-order valence-corrected chi connectivity index (χ2v) is 5.86. The standard InChI is InChI=1S/C16H17N5OS/c1-17-16-19-12(10-23-16)15(22)20-13(11-6-4-3-5-7-11)14-18-8-9-21(14)2/h3-10,13H,1-2H3,(H,17,19)(H,20,22). The van der Waals surface area contributed by atoms with Crippen molar-refractivity contribution in [1.29, 1.82) is 0 Å². The van der Waals surface area contributed by atoms with Gasteiger partial charge in [0.2, 0.25) is 0 Å². The maximum atomic E-state index is 12.5. The zero-order chi connectivity index (χ0) is 16.2. The fraction of sp³-hybridized carbons (Fsp3) is 0.188. The van der Waals surface area contributed by atoms with Crippen LogP contribution >= 0.6 is 11.3 Å². The molecule has 23 heavy (non-hydrogen) atoms. The number of nitrogens with one attached hydrogen (secondary N) is 2. The molecule has 2 aromatic heterocycles. The van der Waals surface area contributed by atoms with Crippen LogP contribution in [0.2, 0.25) is 0 Å². The highest BCUT2D eigenvalue weighted by molar-refractivity contribution is 7.13. The molecule has 0 radical (unpaired) electrons. The molecule has 6 nitrogen and oxygen atoms in total. The van der Waals surface area contributed by atoms with Gasteiger partial charge in [0.05, 0.1) is 0 Å². The van der Waals surface area contributed by atoms with Crippen LogP contribution in [0.25, 0.3) is 0 Å². The number of benzene rings is 1. The Labute approximate surface area is 138 Å². The number of anilines is 1. The summed E-state index contributed by atoms with van der Waals surface area (Å²) in [5.74, 6) is 0.549. The number of imidazole rings is 1. The molecule has 3 rings (SSSR count). The highest BCUT2D eigenvalue weighted by atomic mass is 32.1. The third-order valence-electron chi connectivity index (χ3n) is 3.48. The van der Waals surface area contributed by atoms with E-state index >= 15 is 0 Å². The molecule has 0 aliphatic rings. The van der Waals surface area contributed by atoms with Crippen LogP contribution < -0.4 is 10.6 Å². The molecule has 0 aliphatic heterocycles. The molecule has 0 saturated heterocycles. The fourth-order valence-corrected chi connectivity index (χ4v) is 2.95. The molecule has 7 heteroatoms. The molecular weight excluding hydrogens is 310 g/mol. The van der Waals surface area contributed by atoms with E-state index in [1.165, 1.54) is 11.3 Å². The Balaban J connectivity index is 1.90. The Hall–Kier alpha value is -2.67. The van der Waals surface area contributed by atoms with Gasteiger partial charge in [-0.1, -0.05) is 30.3 Å². The van der Waals surface area contributed by atoms with Crippen molar-refractivity contribution < 1.29 is 4.79 Å². The minimum Gasteiger partial charge on any atom is -0.365 e. The first-order chi connectivity index (χ1) is 11.2. The predicted molar refractivity (Wildman–Crippen MR) is 90.6 cm³/mol. The van der Waals surface area contributed by atoms with E-state index in [-0.39, 0.29) is 11.9 Å². The minimum absolute atomic E-state index is 0.223. The number of aromatic nitrogens is 3. The average molecular weight is 327 g/mol. The third kappa shape index (κ3) is 3.24. The molecule has 1 amide bonds. The lowest BCUT2D eigenvalue weighted by atomic mass is 10.1. The first kappa shape index (κ1) is 15.2. The predicted octanol–water partition coefficient (Wildman–Crippen LogP) is 2.44. The monoisotopic (exact) mass is 327 g/mol. The summed E-state index contributed by atoms with van der Waals surface area (Å²) in [5, 5.41) is 8.41. The second-order valence-electron chi connectivity index (χ2n) is 5.00. The summed E-state index contributed by atoms with van der Waals surface area (Å²) in [6.45, 7) is 0. The Bertz CT molecular complexity index is 796. The van der Waals surface area contributed by atoms with E-state index in [4.69, 9.17) is 0 Å². The SMILES string of the molecule is CNc1nc(C(=O)NC(c2ccccc2)c2nccn2C)cs1. The summed E-state index contributed by atoms with van der Waals surface area (Å²) >= 11 is 1.40. The molecule has 1 atom stereocenters. The molecule has 0 fully saturated rings. The second kappa shape index (κ2) is 6.62.